The summed E-state index contributed by atoms with van der Waals surface area (Å²) in [7, 11) is 0. The number of carboxylic acids is 1. The molecule has 19 heavy (non-hydrogen) atoms. The minimum absolute atomic E-state index is 0.0130. The minimum atomic E-state index is -1.04. The molecule has 2 heterocycles. The van der Waals surface area contributed by atoms with Crippen LogP contribution in [0.3, 0.4) is 0 Å². The average molecular weight is 279 g/mol. The number of nitrogens with zero attached hydrogens (tertiary/aromatic N) is 1. The fraction of sp³-hybridized carbons (Fsp3) is 0.429. The lowest BCUT2D eigenvalue weighted by Crippen LogP contribution is -2.39. The van der Waals surface area contributed by atoms with Crippen LogP contribution in [0.25, 0.3) is 0 Å². The Kier molecular flexibility index (Phi) is 3.75. The van der Waals surface area contributed by atoms with Crippen LogP contribution in [0.4, 0.5) is 0 Å². The standard InChI is InChI=1S/C14H17NO3S/c1-8(9(2)14(17)18)13(16)15-6-4-12-11(10(15)3)5-7-19-12/h5,7,10H,4,6H2,1-3H3,(H,17,18). The second kappa shape index (κ2) is 5.17. The van der Waals surface area contributed by atoms with Gasteiger partial charge in [-0.1, -0.05) is 0 Å². The Balaban J connectivity index is 2.27. The third-order valence-corrected chi connectivity index (χ3v) is 4.74. The maximum atomic E-state index is 12.4. The second-order valence-electron chi connectivity index (χ2n) is 4.78. The first-order valence-electron chi connectivity index (χ1n) is 6.21. The molecule has 0 aromatic carbocycles. The SMILES string of the molecule is CC(C(=O)O)=C(C)C(=O)N1CCc2sccc2C1C. The number of fused-ring (bicyclic) bond motifs is 1. The molecule has 0 bridgehead atoms. The Morgan fingerprint density at radius 2 is 2.05 bits per heavy atom. The van der Waals surface area contributed by atoms with E-state index in [1.165, 1.54) is 17.4 Å². The zero-order valence-electron chi connectivity index (χ0n) is 11.3. The molecule has 102 valence electrons. The van der Waals surface area contributed by atoms with E-state index in [-0.39, 0.29) is 17.5 Å². The Morgan fingerprint density at radius 3 is 2.68 bits per heavy atom. The van der Waals surface area contributed by atoms with Crippen molar-refractivity contribution in [3.05, 3.63) is 33.0 Å². The molecule has 1 unspecified atom stereocenters. The fourth-order valence-corrected chi connectivity index (χ4v) is 3.29. The van der Waals surface area contributed by atoms with Crippen molar-refractivity contribution in [2.45, 2.75) is 33.2 Å². The van der Waals surface area contributed by atoms with Crippen molar-refractivity contribution >= 4 is 23.2 Å². The van der Waals surface area contributed by atoms with Crippen molar-refractivity contribution in [3.63, 3.8) is 0 Å². The zero-order chi connectivity index (χ0) is 14.2. The van der Waals surface area contributed by atoms with E-state index in [4.69, 9.17) is 5.11 Å². The highest BCUT2D eigenvalue weighted by atomic mass is 32.1. The lowest BCUT2D eigenvalue weighted by atomic mass is 9.99. The van der Waals surface area contributed by atoms with Crippen LogP contribution >= 0.6 is 11.3 Å². The van der Waals surface area contributed by atoms with Gasteiger partial charge in [-0.05, 0) is 44.2 Å². The van der Waals surface area contributed by atoms with Crippen LogP contribution in [-0.2, 0) is 16.0 Å². The van der Waals surface area contributed by atoms with Gasteiger partial charge < -0.3 is 10.0 Å². The van der Waals surface area contributed by atoms with Gasteiger partial charge in [-0.3, -0.25) is 4.79 Å². The van der Waals surface area contributed by atoms with Crippen LogP contribution in [0.15, 0.2) is 22.6 Å². The third-order valence-electron chi connectivity index (χ3n) is 3.74. The van der Waals surface area contributed by atoms with Gasteiger partial charge >= 0.3 is 5.97 Å². The summed E-state index contributed by atoms with van der Waals surface area (Å²) < 4.78 is 0. The first-order valence-corrected chi connectivity index (χ1v) is 7.09. The van der Waals surface area contributed by atoms with Crippen LogP contribution in [0.5, 0.6) is 0 Å². The van der Waals surface area contributed by atoms with E-state index in [9.17, 15) is 9.59 Å². The molecule has 0 saturated carbocycles. The molecule has 2 rings (SSSR count). The lowest BCUT2D eigenvalue weighted by Gasteiger charge is -2.34. The van der Waals surface area contributed by atoms with Gasteiger partial charge in [-0.2, -0.15) is 0 Å². The molecule has 5 heteroatoms. The predicted molar refractivity (Wildman–Crippen MR) is 74.2 cm³/mol. The molecule has 4 nitrogen and oxygen atoms in total. The fourth-order valence-electron chi connectivity index (χ4n) is 2.32. The van der Waals surface area contributed by atoms with E-state index >= 15 is 0 Å². The van der Waals surface area contributed by atoms with E-state index < -0.39 is 5.97 Å². The van der Waals surface area contributed by atoms with Crippen molar-refractivity contribution in [1.29, 1.82) is 0 Å². The largest absolute Gasteiger partial charge is 0.478 e. The first kappa shape index (κ1) is 13.8. The Bertz CT molecular complexity index is 559. The van der Waals surface area contributed by atoms with Gasteiger partial charge in [0, 0.05) is 22.6 Å². The maximum absolute atomic E-state index is 12.4. The minimum Gasteiger partial charge on any atom is -0.478 e. The molecule has 1 aromatic heterocycles. The molecular weight excluding hydrogens is 262 g/mol. The lowest BCUT2D eigenvalue weighted by molar-refractivity contribution is -0.134. The molecule has 0 aliphatic carbocycles. The smallest absolute Gasteiger partial charge is 0.331 e. The molecule has 1 aliphatic heterocycles. The summed E-state index contributed by atoms with van der Waals surface area (Å²) in [6, 6.07) is 2.06. The van der Waals surface area contributed by atoms with Crippen LogP contribution in [0.2, 0.25) is 0 Å². The highest BCUT2D eigenvalue weighted by Gasteiger charge is 2.29. The molecular formula is C14H17NO3S. The molecule has 0 fully saturated rings. The average Bonchev–Trinajstić information content (AvgIpc) is 2.85. The quantitative estimate of drug-likeness (QED) is 0.847. The van der Waals surface area contributed by atoms with E-state index in [2.05, 4.69) is 0 Å². The summed E-state index contributed by atoms with van der Waals surface area (Å²) in [5, 5.41) is 11.0. The second-order valence-corrected chi connectivity index (χ2v) is 5.78. The van der Waals surface area contributed by atoms with Crippen molar-refractivity contribution in [1.82, 2.24) is 4.90 Å². The molecule has 1 N–H and O–H groups in total. The molecule has 1 atom stereocenters. The van der Waals surface area contributed by atoms with Crippen LogP contribution in [0, 0.1) is 0 Å². The number of rotatable bonds is 2. The summed E-state index contributed by atoms with van der Waals surface area (Å²) in [6.07, 6.45) is 0.850. The number of carboxylic acid groups (broad SMARTS) is 1. The van der Waals surface area contributed by atoms with E-state index in [1.54, 1.807) is 23.2 Å². The summed E-state index contributed by atoms with van der Waals surface area (Å²) in [4.78, 5) is 26.4. The monoisotopic (exact) mass is 279 g/mol. The number of hydrogen-bond acceptors (Lipinski definition) is 3. The summed E-state index contributed by atoms with van der Waals surface area (Å²) >= 11 is 1.72. The zero-order valence-corrected chi connectivity index (χ0v) is 12.1. The third kappa shape index (κ3) is 2.42. The number of carbonyl (C=O) groups is 2. The van der Waals surface area contributed by atoms with Crippen LogP contribution in [-0.4, -0.2) is 28.4 Å². The summed E-state index contributed by atoms with van der Waals surface area (Å²) in [5.74, 6) is -1.21. The number of hydrogen-bond donors (Lipinski definition) is 1. The van der Waals surface area contributed by atoms with Gasteiger partial charge in [0.2, 0.25) is 0 Å². The van der Waals surface area contributed by atoms with Gasteiger partial charge in [0.25, 0.3) is 5.91 Å². The topological polar surface area (TPSA) is 57.6 Å². The van der Waals surface area contributed by atoms with Gasteiger partial charge in [-0.15, -0.1) is 11.3 Å². The Morgan fingerprint density at radius 1 is 1.37 bits per heavy atom. The van der Waals surface area contributed by atoms with Crippen molar-refractivity contribution in [2.24, 2.45) is 0 Å². The summed E-state index contributed by atoms with van der Waals surface area (Å²) in [5.41, 5.74) is 1.62. The van der Waals surface area contributed by atoms with E-state index in [0.29, 0.717) is 12.1 Å². The molecule has 1 aromatic rings. The highest BCUT2D eigenvalue weighted by Crippen LogP contribution is 2.33. The van der Waals surface area contributed by atoms with Gasteiger partial charge in [0.1, 0.15) is 0 Å². The first-order chi connectivity index (χ1) is 8.93. The van der Waals surface area contributed by atoms with Crippen molar-refractivity contribution < 1.29 is 14.7 Å². The molecule has 0 radical (unpaired) electrons. The summed E-state index contributed by atoms with van der Waals surface area (Å²) in [6.45, 7) is 5.70. The van der Waals surface area contributed by atoms with Crippen molar-refractivity contribution in [2.75, 3.05) is 6.54 Å². The van der Waals surface area contributed by atoms with Gasteiger partial charge in [0.05, 0.1) is 6.04 Å². The molecule has 1 amide bonds. The van der Waals surface area contributed by atoms with E-state index in [0.717, 1.165) is 6.42 Å². The predicted octanol–water partition coefficient (Wildman–Crippen LogP) is 2.61. The Hall–Kier alpha value is -1.62. The number of amides is 1. The van der Waals surface area contributed by atoms with Crippen LogP contribution in [0.1, 0.15) is 37.3 Å². The van der Waals surface area contributed by atoms with E-state index in [1.807, 2.05) is 18.4 Å². The number of aliphatic carboxylic acids is 1. The maximum Gasteiger partial charge on any atom is 0.331 e. The van der Waals surface area contributed by atoms with Gasteiger partial charge in [-0.25, -0.2) is 4.79 Å². The van der Waals surface area contributed by atoms with Gasteiger partial charge in [0.15, 0.2) is 0 Å². The number of thiophene rings is 1. The van der Waals surface area contributed by atoms with Crippen LogP contribution < -0.4 is 0 Å². The number of carbonyl (C=O) groups excluding carboxylic acids is 1. The molecule has 1 aliphatic rings. The molecule has 0 saturated heterocycles. The normalized spacial score (nSPS) is 19.7. The highest BCUT2D eigenvalue weighted by molar-refractivity contribution is 7.10. The Labute approximate surface area is 116 Å². The van der Waals surface area contributed by atoms with Crippen molar-refractivity contribution in [3.8, 4) is 0 Å². The molecule has 0 spiro atoms.